The first kappa shape index (κ1) is 18.1. The summed E-state index contributed by atoms with van der Waals surface area (Å²) >= 11 is 0. The quantitative estimate of drug-likeness (QED) is 0.663. The molecule has 0 atom stereocenters. The van der Waals surface area contributed by atoms with E-state index < -0.39 is 17.8 Å². The van der Waals surface area contributed by atoms with Crippen LogP contribution < -0.4 is 10.1 Å². The first-order chi connectivity index (χ1) is 11.8. The summed E-state index contributed by atoms with van der Waals surface area (Å²) in [5.41, 5.74) is 0.221. The lowest BCUT2D eigenvalue weighted by Gasteiger charge is -2.13. The number of hydrogen-bond donors (Lipinski definition) is 1. The zero-order valence-corrected chi connectivity index (χ0v) is 14.1. The molecule has 0 bridgehead atoms. The number of ether oxygens (including phenoxy) is 2. The number of carbonyl (C=O) groups is 3. The summed E-state index contributed by atoms with van der Waals surface area (Å²) in [6.45, 7) is 4.75. The van der Waals surface area contributed by atoms with Gasteiger partial charge >= 0.3 is 11.9 Å². The molecule has 0 fully saturated rings. The molecule has 25 heavy (non-hydrogen) atoms. The average Bonchev–Trinajstić information content (AvgIpc) is 2.54. The maximum Gasteiger partial charge on any atom is 0.345 e. The van der Waals surface area contributed by atoms with Crippen LogP contribution in [0, 0.1) is 0 Å². The Kier molecular flexibility index (Phi) is 5.84. The summed E-state index contributed by atoms with van der Waals surface area (Å²) in [7, 11) is 0. The minimum atomic E-state index is -0.853. The zero-order chi connectivity index (χ0) is 18.4. The van der Waals surface area contributed by atoms with Crippen LogP contribution in [0.15, 0.2) is 42.6 Å². The Morgan fingerprint density at radius 3 is 2.40 bits per heavy atom. The van der Waals surface area contributed by atoms with Gasteiger partial charge in [0.25, 0.3) is 5.91 Å². The van der Waals surface area contributed by atoms with Crippen molar-refractivity contribution in [3.63, 3.8) is 0 Å². The third-order valence-electron chi connectivity index (χ3n) is 2.92. The molecule has 2 rings (SSSR count). The number of aromatic nitrogens is 1. The Balaban J connectivity index is 2.33. The first-order valence-electron chi connectivity index (χ1n) is 7.62. The van der Waals surface area contributed by atoms with Gasteiger partial charge in [0, 0.05) is 18.7 Å². The molecule has 7 nitrogen and oxygen atoms in total. The molecule has 1 aromatic carbocycles. The predicted molar refractivity (Wildman–Crippen MR) is 90.5 cm³/mol. The van der Waals surface area contributed by atoms with Crippen LogP contribution in [0.2, 0.25) is 0 Å². The number of hydrogen-bond acceptors (Lipinski definition) is 6. The number of nitrogens with zero attached hydrogens (tertiary/aromatic N) is 1. The highest BCUT2D eigenvalue weighted by molar-refractivity contribution is 6.06. The molecule has 2 aromatic rings. The average molecular weight is 342 g/mol. The van der Waals surface area contributed by atoms with Gasteiger partial charge in [0.05, 0.1) is 11.7 Å². The number of anilines is 1. The highest BCUT2D eigenvalue weighted by Crippen LogP contribution is 2.20. The molecule has 0 aliphatic carbocycles. The van der Waals surface area contributed by atoms with E-state index >= 15 is 0 Å². The Bertz CT molecular complexity index is 787. The Morgan fingerprint density at radius 1 is 1.08 bits per heavy atom. The number of pyridine rings is 1. The fraction of sp³-hybridized carbons (Fsp3) is 0.222. The van der Waals surface area contributed by atoms with Gasteiger partial charge in [-0.1, -0.05) is 6.07 Å². The van der Waals surface area contributed by atoms with E-state index in [-0.39, 0.29) is 17.2 Å². The van der Waals surface area contributed by atoms with Gasteiger partial charge in [0.2, 0.25) is 0 Å². The van der Waals surface area contributed by atoms with Crippen molar-refractivity contribution < 1.29 is 23.9 Å². The van der Waals surface area contributed by atoms with Crippen molar-refractivity contribution in [3.8, 4) is 5.75 Å². The van der Waals surface area contributed by atoms with Crippen molar-refractivity contribution in [2.75, 3.05) is 5.32 Å². The number of amides is 1. The highest BCUT2D eigenvalue weighted by atomic mass is 16.6. The summed E-state index contributed by atoms with van der Waals surface area (Å²) in [4.78, 5) is 39.4. The van der Waals surface area contributed by atoms with Crippen molar-refractivity contribution >= 4 is 23.7 Å². The van der Waals surface area contributed by atoms with Gasteiger partial charge in [0.1, 0.15) is 11.6 Å². The lowest BCUT2D eigenvalue weighted by atomic mass is 10.1. The molecule has 7 heteroatoms. The fourth-order valence-electron chi connectivity index (χ4n) is 2.00. The molecule has 0 saturated carbocycles. The van der Waals surface area contributed by atoms with Crippen molar-refractivity contribution in [2.24, 2.45) is 0 Å². The molecule has 0 radical (unpaired) electrons. The molecule has 0 spiro atoms. The fourth-order valence-corrected chi connectivity index (χ4v) is 2.00. The lowest BCUT2D eigenvalue weighted by Crippen LogP contribution is -2.16. The van der Waals surface area contributed by atoms with Crippen LogP contribution in [-0.2, 0) is 9.53 Å². The summed E-state index contributed by atoms with van der Waals surface area (Å²) in [6, 6.07) is 9.35. The molecule has 1 amide bonds. The minimum Gasteiger partial charge on any atom is -0.491 e. The lowest BCUT2D eigenvalue weighted by molar-refractivity contribution is -0.135. The van der Waals surface area contributed by atoms with Crippen LogP contribution >= 0.6 is 0 Å². The molecular weight excluding hydrogens is 324 g/mol. The Labute approximate surface area is 145 Å². The zero-order valence-electron chi connectivity index (χ0n) is 14.1. The van der Waals surface area contributed by atoms with Gasteiger partial charge in [-0.3, -0.25) is 9.59 Å². The van der Waals surface area contributed by atoms with E-state index in [0.717, 1.165) is 6.92 Å². The van der Waals surface area contributed by atoms with Crippen LogP contribution in [0.1, 0.15) is 41.5 Å². The van der Waals surface area contributed by atoms with Gasteiger partial charge in [0.15, 0.2) is 0 Å². The standard InChI is InChI=1S/C18H18N2O5/c1-11(2)24-15-9-13(8-14(10-15)18(23)25-12(3)21)17(22)20-16-6-4-5-7-19-16/h4-11H,1-3H3,(H,19,20,22). The molecule has 0 unspecified atom stereocenters. The van der Waals surface area contributed by atoms with Crippen molar-refractivity contribution in [1.29, 1.82) is 0 Å². The molecule has 130 valence electrons. The van der Waals surface area contributed by atoms with Gasteiger partial charge in [-0.25, -0.2) is 9.78 Å². The van der Waals surface area contributed by atoms with Crippen LogP contribution in [0.5, 0.6) is 5.75 Å². The third-order valence-corrected chi connectivity index (χ3v) is 2.92. The van der Waals surface area contributed by atoms with E-state index in [1.807, 2.05) is 13.8 Å². The molecule has 0 saturated heterocycles. The van der Waals surface area contributed by atoms with Gasteiger partial charge in [-0.05, 0) is 44.2 Å². The number of esters is 2. The molecule has 0 aliphatic rings. The summed E-state index contributed by atoms with van der Waals surface area (Å²) in [5.74, 6) is -1.37. The van der Waals surface area contributed by atoms with Gasteiger partial charge in [-0.2, -0.15) is 0 Å². The summed E-state index contributed by atoms with van der Waals surface area (Å²) in [6.07, 6.45) is 1.38. The van der Waals surface area contributed by atoms with E-state index in [1.54, 1.807) is 24.4 Å². The normalized spacial score (nSPS) is 10.2. The second-order valence-electron chi connectivity index (χ2n) is 5.46. The summed E-state index contributed by atoms with van der Waals surface area (Å²) in [5, 5.41) is 2.62. The van der Waals surface area contributed by atoms with Crippen LogP contribution in [0.4, 0.5) is 5.82 Å². The summed E-state index contributed by atoms with van der Waals surface area (Å²) < 4.78 is 10.1. The van der Waals surface area contributed by atoms with Gasteiger partial charge < -0.3 is 14.8 Å². The second-order valence-corrected chi connectivity index (χ2v) is 5.46. The molecule has 0 aliphatic heterocycles. The number of rotatable bonds is 5. The predicted octanol–water partition coefficient (Wildman–Crippen LogP) is 2.82. The van der Waals surface area contributed by atoms with E-state index in [4.69, 9.17) is 4.74 Å². The monoisotopic (exact) mass is 342 g/mol. The molecule has 1 aromatic heterocycles. The minimum absolute atomic E-state index is 0.0412. The van der Waals surface area contributed by atoms with E-state index in [2.05, 4.69) is 15.0 Å². The number of carbonyl (C=O) groups excluding carboxylic acids is 3. The topological polar surface area (TPSA) is 94.6 Å². The van der Waals surface area contributed by atoms with Crippen LogP contribution in [-0.4, -0.2) is 28.9 Å². The molecular formula is C18H18N2O5. The molecule has 1 heterocycles. The van der Waals surface area contributed by atoms with E-state index in [0.29, 0.717) is 11.6 Å². The number of benzene rings is 1. The van der Waals surface area contributed by atoms with E-state index in [9.17, 15) is 14.4 Å². The maximum absolute atomic E-state index is 12.4. The maximum atomic E-state index is 12.4. The van der Waals surface area contributed by atoms with Gasteiger partial charge in [-0.15, -0.1) is 0 Å². The Morgan fingerprint density at radius 2 is 1.80 bits per heavy atom. The Hall–Kier alpha value is -3.22. The smallest absolute Gasteiger partial charge is 0.345 e. The highest BCUT2D eigenvalue weighted by Gasteiger charge is 2.17. The second kappa shape index (κ2) is 8.05. The largest absolute Gasteiger partial charge is 0.491 e. The van der Waals surface area contributed by atoms with Crippen LogP contribution in [0.25, 0.3) is 0 Å². The van der Waals surface area contributed by atoms with Crippen LogP contribution in [0.3, 0.4) is 0 Å². The van der Waals surface area contributed by atoms with E-state index in [1.165, 1.54) is 18.2 Å². The third kappa shape index (κ3) is 5.42. The van der Waals surface area contributed by atoms with Crippen molar-refractivity contribution in [3.05, 3.63) is 53.7 Å². The SMILES string of the molecule is CC(=O)OC(=O)c1cc(OC(C)C)cc(C(=O)Nc2ccccn2)c1. The van der Waals surface area contributed by atoms with Crippen molar-refractivity contribution in [2.45, 2.75) is 26.9 Å². The molecule has 1 N–H and O–H groups in total. The first-order valence-corrected chi connectivity index (χ1v) is 7.62. The van der Waals surface area contributed by atoms with Crippen molar-refractivity contribution in [1.82, 2.24) is 4.98 Å². The number of nitrogens with one attached hydrogen (secondary N) is 1.